The van der Waals surface area contributed by atoms with Crippen LogP contribution in [0.1, 0.15) is 49.9 Å². The molecule has 0 bridgehead atoms. The molecule has 1 aromatic rings. The first-order valence-electron chi connectivity index (χ1n) is 7.44. The van der Waals surface area contributed by atoms with Crippen LogP contribution in [0.5, 0.6) is 0 Å². The second kappa shape index (κ2) is 6.71. The normalized spacial score (nSPS) is 15.6. The average Bonchev–Trinajstić information content (AvgIpc) is 2.45. The minimum Gasteiger partial charge on any atom is -0.394 e. The molecule has 0 spiro atoms. The van der Waals surface area contributed by atoms with Crippen LogP contribution in [-0.2, 0) is 12.8 Å². The largest absolute Gasteiger partial charge is 0.394 e. The van der Waals surface area contributed by atoms with Crippen molar-refractivity contribution in [3.63, 3.8) is 0 Å². The van der Waals surface area contributed by atoms with Crippen LogP contribution < -0.4 is 5.32 Å². The van der Waals surface area contributed by atoms with E-state index in [1.165, 1.54) is 18.4 Å². The van der Waals surface area contributed by atoms with Crippen LogP contribution in [0.4, 0.5) is 5.82 Å². The van der Waals surface area contributed by atoms with Crippen molar-refractivity contribution >= 4 is 5.82 Å². The van der Waals surface area contributed by atoms with Gasteiger partial charge in [-0.1, -0.05) is 13.8 Å². The Balaban J connectivity index is 2.24. The van der Waals surface area contributed by atoms with Gasteiger partial charge >= 0.3 is 0 Å². The Labute approximate surface area is 120 Å². The van der Waals surface area contributed by atoms with E-state index in [-0.39, 0.29) is 12.6 Å². The highest BCUT2D eigenvalue weighted by Crippen LogP contribution is 2.25. The lowest BCUT2D eigenvalue weighted by Crippen LogP contribution is -2.27. The number of nitrogens with one attached hydrogen (secondary N) is 1. The van der Waals surface area contributed by atoms with E-state index in [4.69, 9.17) is 0 Å². The van der Waals surface area contributed by atoms with Crippen molar-refractivity contribution in [2.75, 3.05) is 11.9 Å². The highest BCUT2D eigenvalue weighted by Gasteiger charge is 2.17. The number of aryl methyl sites for hydroxylation is 2. The summed E-state index contributed by atoms with van der Waals surface area (Å²) in [5.41, 5.74) is 2.91. The zero-order chi connectivity index (χ0) is 14.5. The SMILES string of the molecule is CC(C)CC(CO)Nc1nc2c(cc1C#N)CCCC2. The van der Waals surface area contributed by atoms with Crippen LogP contribution in [0.3, 0.4) is 0 Å². The lowest BCUT2D eigenvalue weighted by molar-refractivity contribution is 0.259. The van der Waals surface area contributed by atoms with Gasteiger partial charge in [0.1, 0.15) is 11.9 Å². The minimum atomic E-state index is -0.0451. The fourth-order valence-electron chi connectivity index (χ4n) is 2.77. The molecule has 1 aromatic heterocycles. The summed E-state index contributed by atoms with van der Waals surface area (Å²) < 4.78 is 0. The molecule has 1 heterocycles. The van der Waals surface area contributed by atoms with Gasteiger partial charge in [-0.25, -0.2) is 4.98 Å². The van der Waals surface area contributed by atoms with E-state index in [0.29, 0.717) is 17.3 Å². The average molecular weight is 273 g/mol. The Kier molecular flexibility index (Phi) is 4.97. The Morgan fingerprint density at radius 3 is 2.80 bits per heavy atom. The first-order chi connectivity index (χ1) is 9.63. The van der Waals surface area contributed by atoms with Crippen LogP contribution in [0, 0.1) is 17.2 Å². The molecule has 0 saturated heterocycles. The van der Waals surface area contributed by atoms with Gasteiger partial charge in [0.2, 0.25) is 0 Å². The third-order valence-corrected chi connectivity index (χ3v) is 3.74. The van der Waals surface area contributed by atoms with Crippen LogP contribution in [0.2, 0.25) is 0 Å². The summed E-state index contributed by atoms with van der Waals surface area (Å²) in [5.74, 6) is 1.12. The highest BCUT2D eigenvalue weighted by atomic mass is 16.3. The maximum Gasteiger partial charge on any atom is 0.144 e. The third kappa shape index (κ3) is 3.49. The smallest absolute Gasteiger partial charge is 0.144 e. The summed E-state index contributed by atoms with van der Waals surface area (Å²) in [7, 11) is 0. The number of nitriles is 1. The maximum atomic E-state index is 9.47. The van der Waals surface area contributed by atoms with E-state index >= 15 is 0 Å². The molecule has 1 atom stereocenters. The number of anilines is 1. The van der Waals surface area contributed by atoms with Gasteiger partial charge in [-0.3, -0.25) is 0 Å². The molecule has 0 aliphatic heterocycles. The van der Waals surface area contributed by atoms with Gasteiger partial charge in [-0.05, 0) is 49.7 Å². The van der Waals surface area contributed by atoms with E-state index in [1.54, 1.807) is 0 Å². The van der Waals surface area contributed by atoms with Gasteiger partial charge in [0.25, 0.3) is 0 Å². The quantitative estimate of drug-likeness (QED) is 0.865. The van der Waals surface area contributed by atoms with Crippen LogP contribution in [0.15, 0.2) is 6.07 Å². The molecule has 108 valence electrons. The second-order valence-corrected chi connectivity index (χ2v) is 5.96. The van der Waals surface area contributed by atoms with Gasteiger partial charge in [-0.15, -0.1) is 0 Å². The summed E-state index contributed by atoms with van der Waals surface area (Å²) in [6, 6.07) is 4.14. The van der Waals surface area contributed by atoms with Gasteiger partial charge in [0, 0.05) is 5.69 Å². The topological polar surface area (TPSA) is 68.9 Å². The fourth-order valence-corrected chi connectivity index (χ4v) is 2.77. The van der Waals surface area contributed by atoms with E-state index < -0.39 is 0 Å². The van der Waals surface area contributed by atoms with Gasteiger partial charge in [0.15, 0.2) is 0 Å². The summed E-state index contributed by atoms with van der Waals surface area (Å²) in [6.07, 6.45) is 5.22. The number of aliphatic hydroxyl groups excluding tert-OH is 1. The van der Waals surface area contributed by atoms with Crippen LogP contribution in [-0.4, -0.2) is 22.7 Å². The van der Waals surface area contributed by atoms with Gasteiger partial charge in [-0.2, -0.15) is 5.26 Å². The van der Waals surface area contributed by atoms with Crippen molar-refractivity contribution in [2.24, 2.45) is 5.92 Å². The summed E-state index contributed by atoms with van der Waals surface area (Å²) in [4.78, 5) is 4.63. The lowest BCUT2D eigenvalue weighted by Gasteiger charge is -2.22. The first-order valence-corrected chi connectivity index (χ1v) is 7.44. The molecule has 0 amide bonds. The molecule has 1 unspecified atom stereocenters. The zero-order valence-electron chi connectivity index (χ0n) is 12.3. The van der Waals surface area contributed by atoms with E-state index in [2.05, 4.69) is 30.2 Å². The predicted octanol–water partition coefficient (Wildman–Crippen LogP) is 2.65. The summed E-state index contributed by atoms with van der Waals surface area (Å²) >= 11 is 0. The monoisotopic (exact) mass is 273 g/mol. The van der Waals surface area contributed by atoms with Gasteiger partial charge < -0.3 is 10.4 Å². The molecule has 0 radical (unpaired) electrons. The molecule has 4 heteroatoms. The zero-order valence-corrected chi connectivity index (χ0v) is 12.3. The molecule has 20 heavy (non-hydrogen) atoms. The maximum absolute atomic E-state index is 9.47. The van der Waals surface area contributed by atoms with E-state index in [9.17, 15) is 10.4 Å². The van der Waals surface area contributed by atoms with E-state index in [0.717, 1.165) is 25.0 Å². The highest BCUT2D eigenvalue weighted by molar-refractivity contribution is 5.55. The van der Waals surface area contributed by atoms with Crippen molar-refractivity contribution < 1.29 is 5.11 Å². The van der Waals surface area contributed by atoms with E-state index in [1.807, 2.05) is 6.07 Å². The molecular formula is C16H23N3O. The Morgan fingerprint density at radius 1 is 1.40 bits per heavy atom. The number of aliphatic hydroxyl groups is 1. The van der Waals surface area contributed by atoms with Crippen molar-refractivity contribution in [3.05, 3.63) is 22.9 Å². The number of hydrogen-bond donors (Lipinski definition) is 2. The number of rotatable bonds is 5. The Morgan fingerprint density at radius 2 is 2.15 bits per heavy atom. The molecule has 1 aliphatic rings. The minimum absolute atomic E-state index is 0.0451. The standard InChI is InChI=1S/C16H23N3O/c1-11(2)7-14(10-20)18-16-13(9-17)8-12-5-3-4-6-15(12)19-16/h8,11,14,20H,3-7,10H2,1-2H3,(H,18,19). The number of nitrogens with zero attached hydrogens (tertiary/aromatic N) is 2. The number of aromatic nitrogens is 1. The molecule has 0 saturated carbocycles. The molecule has 0 aromatic carbocycles. The Hall–Kier alpha value is -1.60. The molecule has 4 nitrogen and oxygen atoms in total. The van der Waals surface area contributed by atoms with Crippen molar-refractivity contribution in [3.8, 4) is 6.07 Å². The van der Waals surface area contributed by atoms with Crippen molar-refractivity contribution in [1.82, 2.24) is 4.98 Å². The summed E-state index contributed by atoms with van der Waals surface area (Å²) in [5, 5.41) is 22.0. The Bertz CT molecular complexity index is 505. The predicted molar refractivity (Wildman–Crippen MR) is 79.5 cm³/mol. The molecule has 2 rings (SSSR count). The number of fused-ring (bicyclic) bond motifs is 1. The van der Waals surface area contributed by atoms with Crippen molar-refractivity contribution in [2.45, 2.75) is 52.0 Å². The number of hydrogen-bond acceptors (Lipinski definition) is 4. The molecule has 1 aliphatic carbocycles. The number of pyridine rings is 1. The van der Waals surface area contributed by atoms with Crippen LogP contribution >= 0.6 is 0 Å². The first kappa shape index (κ1) is 14.8. The summed E-state index contributed by atoms with van der Waals surface area (Å²) in [6.45, 7) is 4.30. The molecule has 2 N–H and O–H groups in total. The van der Waals surface area contributed by atoms with Gasteiger partial charge in [0.05, 0.1) is 18.2 Å². The second-order valence-electron chi connectivity index (χ2n) is 5.96. The molecular weight excluding hydrogens is 250 g/mol. The fraction of sp³-hybridized carbons (Fsp3) is 0.625. The molecule has 0 fully saturated rings. The lowest BCUT2D eigenvalue weighted by atomic mass is 9.95. The third-order valence-electron chi connectivity index (χ3n) is 3.74. The van der Waals surface area contributed by atoms with Crippen LogP contribution in [0.25, 0.3) is 0 Å². The van der Waals surface area contributed by atoms with Crippen molar-refractivity contribution in [1.29, 1.82) is 5.26 Å².